The average Bonchev–Trinajstić information content (AvgIpc) is 3.80. The monoisotopic (exact) mass is 794 g/mol. The van der Waals surface area contributed by atoms with Crippen LogP contribution in [-0.4, -0.2) is 48.9 Å². The molecular weight excluding hydrogens is 749 g/mol. The van der Waals surface area contributed by atoms with E-state index in [2.05, 4.69) is 47.4 Å². The molecule has 0 aliphatic carbocycles. The summed E-state index contributed by atoms with van der Waals surface area (Å²) in [7, 11) is 2.56. The van der Waals surface area contributed by atoms with Gasteiger partial charge in [-0.2, -0.15) is 20.4 Å². The molecule has 296 valence electrons. The predicted octanol–water partition coefficient (Wildman–Crippen LogP) is 7.11. The lowest BCUT2D eigenvalue weighted by Gasteiger charge is -2.22. The van der Waals surface area contributed by atoms with E-state index in [0.29, 0.717) is 22.2 Å². The number of aromatic nitrogens is 8. The maximum atomic E-state index is 12.6. The van der Waals surface area contributed by atoms with Gasteiger partial charge in [-0.05, 0) is 70.0 Å². The van der Waals surface area contributed by atoms with Crippen LogP contribution in [0, 0.1) is 0 Å². The minimum atomic E-state index is -1.28. The number of aromatic amines is 2. The zero-order chi connectivity index (χ0) is 41.3. The molecule has 8 aromatic rings. The largest absolute Gasteiger partial charge is 0.323 e. The molecule has 8 rings (SSSR count). The summed E-state index contributed by atoms with van der Waals surface area (Å²) in [5, 5.41) is 25.1. The van der Waals surface area contributed by atoms with Gasteiger partial charge in [0.1, 0.15) is 0 Å². The number of H-pyrrole nitrogens is 2. The summed E-state index contributed by atoms with van der Waals surface area (Å²) in [6.07, 6.45) is 3.68. The summed E-state index contributed by atoms with van der Waals surface area (Å²) >= 11 is 0. The number of hydrogen-bond acceptors (Lipinski definition) is 8. The second-order valence-electron chi connectivity index (χ2n) is 15.2. The van der Waals surface area contributed by atoms with Gasteiger partial charge in [-0.1, -0.05) is 72.8 Å². The Morgan fingerprint density at radius 1 is 0.638 bits per heavy atom. The molecule has 0 radical (unpaired) electrons. The van der Waals surface area contributed by atoms with E-state index in [-0.39, 0.29) is 23.2 Å². The zero-order valence-corrected chi connectivity index (χ0v) is 34.3. The van der Waals surface area contributed by atoms with Crippen LogP contribution in [0.2, 0.25) is 0 Å². The molecule has 0 bridgehead atoms. The Morgan fingerprint density at radius 2 is 1.07 bits per heavy atom. The standard InChI is InChI=1S/C24H27N5O2S.C20H19N5O/c1-15(28-32(31)24(2,3)4)21-19-13-17(11-12-18(19)23(30)27-26-21)20-14-25-29(5)22(20)16-9-7-6-8-10-16;1-12(21)18-16-10-14(8-9-15(16)20(26)24-23-18)17-11-22-25(2)19(17)13-6-4-3-5-7-13/h6-15,28H,1-5H3,(H,27,30);3-12H,21H2,1-2H3,(H,24,26). The molecule has 5 N–H and O–H groups in total. The van der Waals surface area contributed by atoms with Crippen molar-refractivity contribution in [1.29, 1.82) is 0 Å². The number of benzene rings is 4. The van der Waals surface area contributed by atoms with Crippen molar-refractivity contribution >= 4 is 32.5 Å². The Hall–Kier alpha value is -6.35. The molecule has 4 heterocycles. The molecular formula is C44H46N10O3S. The van der Waals surface area contributed by atoms with Gasteiger partial charge in [0.2, 0.25) is 0 Å². The Bertz CT molecular complexity index is 2890. The van der Waals surface area contributed by atoms with E-state index in [1.165, 1.54) is 0 Å². The Kier molecular flexibility index (Phi) is 11.2. The summed E-state index contributed by atoms with van der Waals surface area (Å²) < 4.78 is 19.0. The van der Waals surface area contributed by atoms with E-state index in [1.54, 1.807) is 0 Å². The molecule has 0 fully saturated rings. The highest BCUT2D eigenvalue weighted by molar-refractivity contribution is 7.84. The quantitative estimate of drug-likeness (QED) is 0.126. The number of fused-ring (bicyclic) bond motifs is 2. The highest BCUT2D eigenvalue weighted by atomic mass is 32.2. The van der Waals surface area contributed by atoms with Crippen LogP contribution in [0.5, 0.6) is 0 Å². The van der Waals surface area contributed by atoms with E-state index in [1.807, 2.05) is 155 Å². The van der Waals surface area contributed by atoms with E-state index < -0.39 is 15.7 Å². The number of rotatable bonds is 8. The van der Waals surface area contributed by atoms with E-state index in [4.69, 9.17) is 5.73 Å². The van der Waals surface area contributed by atoms with Gasteiger partial charge in [-0.3, -0.25) is 19.0 Å². The number of nitrogens with zero attached hydrogens (tertiary/aromatic N) is 6. The average molecular weight is 795 g/mol. The van der Waals surface area contributed by atoms with Crippen molar-refractivity contribution in [2.45, 2.75) is 51.4 Å². The fourth-order valence-electron chi connectivity index (χ4n) is 6.95. The molecule has 58 heavy (non-hydrogen) atoms. The van der Waals surface area contributed by atoms with Crippen molar-refractivity contribution in [1.82, 2.24) is 44.7 Å². The smallest absolute Gasteiger partial charge is 0.272 e. The van der Waals surface area contributed by atoms with Gasteiger partial charge in [0.25, 0.3) is 11.1 Å². The minimum absolute atomic E-state index is 0.217. The third kappa shape index (κ3) is 7.94. The van der Waals surface area contributed by atoms with Crippen LogP contribution in [0.15, 0.2) is 119 Å². The zero-order valence-electron chi connectivity index (χ0n) is 33.4. The topological polar surface area (TPSA) is 182 Å². The summed E-state index contributed by atoms with van der Waals surface area (Å²) in [5.41, 5.74) is 14.9. The maximum absolute atomic E-state index is 12.6. The second kappa shape index (κ2) is 16.3. The van der Waals surface area contributed by atoms with Gasteiger partial charge in [0.05, 0.1) is 67.7 Å². The van der Waals surface area contributed by atoms with Crippen LogP contribution in [0.3, 0.4) is 0 Å². The Balaban J connectivity index is 0.000000180. The van der Waals surface area contributed by atoms with Gasteiger partial charge < -0.3 is 5.73 Å². The minimum Gasteiger partial charge on any atom is -0.323 e. The highest BCUT2D eigenvalue weighted by Gasteiger charge is 2.24. The molecule has 0 amide bonds. The molecule has 4 aromatic carbocycles. The van der Waals surface area contributed by atoms with Crippen molar-refractivity contribution in [3.8, 4) is 44.8 Å². The second-order valence-corrected chi connectivity index (χ2v) is 17.2. The lowest BCUT2D eigenvalue weighted by Crippen LogP contribution is -2.35. The number of aryl methyl sites for hydroxylation is 2. The summed E-state index contributed by atoms with van der Waals surface area (Å²) in [5.74, 6) is 0. The first-order valence-corrected chi connectivity index (χ1v) is 20.0. The summed E-state index contributed by atoms with van der Waals surface area (Å²) in [4.78, 5) is 24.6. The third-order valence-electron chi connectivity index (χ3n) is 9.91. The molecule has 0 aliphatic rings. The van der Waals surface area contributed by atoms with Crippen LogP contribution in [0.25, 0.3) is 66.3 Å². The van der Waals surface area contributed by atoms with Crippen molar-refractivity contribution in [3.05, 3.63) is 142 Å². The van der Waals surface area contributed by atoms with Crippen LogP contribution in [-0.2, 0) is 25.1 Å². The molecule has 14 heteroatoms. The third-order valence-corrected chi connectivity index (χ3v) is 11.6. The molecule has 0 saturated carbocycles. The van der Waals surface area contributed by atoms with E-state index in [9.17, 15) is 13.8 Å². The van der Waals surface area contributed by atoms with Gasteiger partial charge >= 0.3 is 0 Å². The Labute approximate surface area is 337 Å². The number of hydrogen-bond donors (Lipinski definition) is 4. The Morgan fingerprint density at radius 3 is 1.50 bits per heavy atom. The molecule has 0 aliphatic heterocycles. The first-order valence-electron chi connectivity index (χ1n) is 18.9. The van der Waals surface area contributed by atoms with E-state index in [0.717, 1.165) is 55.5 Å². The van der Waals surface area contributed by atoms with Crippen molar-refractivity contribution < 1.29 is 4.21 Å². The van der Waals surface area contributed by atoms with Crippen LogP contribution >= 0.6 is 0 Å². The molecule has 0 spiro atoms. The first-order chi connectivity index (χ1) is 27.7. The van der Waals surface area contributed by atoms with Gasteiger partial charge in [0.15, 0.2) is 0 Å². The lowest BCUT2D eigenvalue weighted by molar-refractivity contribution is 0.610. The lowest BCUT2D eigenvalue weighted by atomic mass is 9.98. The molecule has 3 unspecified atom stereocenters. The van der Waals surface area contributed by atoms with E-state index >= 15 is 0 Å². The maximum Gasteiger partial charge on any atom is 0.272 e. The SMILES string of the molecule is CC(N)c1n[nH]c(=O)c2ccc(-c3cnn(C)c3-c3ccccc3)cc12.CC(NS(=O)C(C)(C)C)c1n[nH]c(=O)c2ccc(-c3cnn(C)c3-c3ccccc3)cc12. The normalized spacial score (nSPS) is 13.2. The van der Waals surface area contributed by atoms with Gasteiger partial charge in [-0.25, -0.2) is 19.1 Å². The number of nitrogens with one attached hydrogen (secondary N) is 3. The van der Waals surface area contributed by atoms with Crippen LogP contribution < -0.4 is 21.6 Å². The highest BCUT2D eigenvalue weighted by Crippen LogP contribution is 2.35. The van der Waals surface area contributed by atoms with Crippen molar-refractivity contribution in [2.75, 3.05) is 0 Å². The molecule has 0 saturated heterocycles. The fourth-order valence-corrected chi connectivity index (χ4v) is 7.74. The summed E-state index contributed by atoms with van der Waals surface area (Å²) in [6.45, 7) is 9.48. The first kappa shape index (κ1) is 39.9. The summed E-state index contributed by atoms with van der Waals surface area (Å²) in [6, 6.07) is 31.0. The fraction of sp³-hybridized carbons (Fsp3) is 0.227. The van der Waals surface area contributed by atoms with Crippen LogP contribution in [0.1, 0.15) is 58.1 Å². The van der Waals surface area contributed by atoms with Crippen LogP contribution in [0.4, 0.5) is 0 Å². The van der Waals surface area contributed by atoms with Crippen molar-refractivity contribution in [2.24, 2.45) is 19.8 Å². The molecule has 13 nitrogen and oxygen atoms in total. The molecule has 3 atom stereocenters. The molecule has 4 aromatic heterocycles. The van der Waals surface area contributed by atoms with Gasteiger partial charge in [-0.15, -0.1) is 0 Å². The predicted molar refractivity (Wildman–Crippen MR) is 232 cm³/mol. The van der Waals surface area contributed by atoms with Gasteiger partial charge in [0, 0.05) is 53.2 Å². The van der Waals surface area contributed by atoms with Crippen molar-refractivity contribution in [3.63, 3.8) is 0 Å². The number of nitrogens with two attached hydrogens (primary N) is 1.